The fraction of sp³-hybridized carbons (Fsp3) is 0.611. The number of piperidine rings is 1. The Balaban J connectivity index is 0.00000261. The molecule has 152 valence electrons. The molecule has 3 rings (SSSR count). The smallest absolute Gasteiger partial charge is 0.251 e. The molecule has 2 heterocycles. The van der Waals surface area contributed by atoms with Crippen LogP contribution in [0.2, 0.25) is 0 Å². The summed E-state index contributed by atoms with van der Waals surface area (Å²) in [6.07, 6.45) is 4.14. The summed E-state index contributed by atoms with van der Waals surface area (Å²) < 4.78 is 32.8. The summed E-state index contributed by atoms with van der Waals surface area (Å²) in [5.74, 6) is -0.0328. The summed E-state index contributed by atoms with van der Waals surface area (Å²) in [6.45, 7) is 3.48. The predicted octanol–water partition coefficient (Wildman–Crippen LogP) is 1.82. The maximum Gasteiger partial charge on any atom is 0.251 e. The van der Waals surface area contributed by atoms with Gasteiger partial charge < -0.3 is 15.4 Å². The number of methoxy groups -OCH3 is 1. The van der Waals surface area contributed by atoms with Gasteiger partial charge in [0.05, 0.1) is 7.11 Å². The second-order valence-electron chi connectivity index (χ2n) is 7.42. The lowest BCUT2D eigenvalue weighted by Crippen LogP contribution is -2.48. The van der Waals surface area contributed by atoms with Gasteiger partial charge in [-0.3, -0.25) is 4.79 Å². The standard InChI is InChI=1S/C18H27N3O4S.ClH/c1-11(2)21-26(23,24)17-8-12(4-7-16(17)25-3)18(22)20-15-9-13-5-6-14(10-15)19-13;/h4,7-8,11,13-15,19,21H,5-6,9-10H2,1-3H3,(H,20,22);1H. The average Bonchev–Trinajstić information content (AvgIpc) is 2.91. The molecule has 0 aromatic heterocycles. The Hall–Kier alpha value is -1.35. The number of nitrogens with one attached hydrogen (secondary N) is 3. The van der Waals surface area contributed by atoms with Crippen molar-refractivity contribution in [3.63, 3.8) is 0 Å². The molecule has 0 saturated carbocycles. The molecule has 2 atom stereocenters. The molecule has 1 aromatic rings. The van der Waals surface area contributed by atoms with E-state index in [1.165, 1.54) is 19.2 Å². The van der Waals surface area contributed by atoms with Crippen molar-refractivity contribution < 1.29 is 17.9 Å². The van der Waals surface area contributed by atoms with Crippen LogP contribution in [0.5, 0.6) is 5.75 Å². The third-order valence-electron chi connectivity index (χ3n) is 4.91. The molecule has 0 aliphatic carbocycles. The van der Waals surface area contributed by atoms with E-state index in [0.717, 1.165) is 25.7 Å². The number of ether oxygens (including phenoxy) is 1. The van der Waals surface area contributed by atoms with Crippen LogP contribution in [-0.2, 0) is 10.0 Å². The average molecular weight is 418 g/mol. The van der Waals surface area contributed by atoms with Crippen LogP contribution in [0.1, 0.15) is 49.9 Å². The first kappa shape index (κ1) is 21.9. The van der Waals surface area contributed by atoms with Crippen molar-refractivity contribution in [2.24, 2.45) is 0 Å². The second kappa shape index (κ2) is 8.77. The van der Waals surface area contributed by atoms with Crippen molar-refractivity contribution in [1.82, 2.24) is 15.4 Å². The van der Waals surface area contributed by atoms with E-state index in [9.17, 15) is 13.2 Å². The van der Waals surface area contributed by atoms with E-state index in [4.69, 9.17) is 4.74 Å². The third kappa shape index (κ3) is 5.13. The van der Waals surface area contributed by atoms with Gasteiger partial charge >= 0.3 is 0 Å². The van der Waals surface area contributed by atoms with E-state index in [2.05, 4.69) is 15.4 Å². The van der Waals surface area contributed by atoms with Crippen LogP contribution in [0.4, 0.5) is 0 Å². The molecular formula is C18H28ClN3O4S. The topological polar surface area (TPSA) is 96.5 Å². The number of benzene rings is 1. The monoisotopic (exact) mass is 417 g/mol. The summed E-state index contributed by atoms with van der Waals surface area (Å²) in [6, 6.07) is 5.31. The molecule has 9 heteroatoms. The maximum atomic E-state index is 12.7. The van der Waals surface area contributed by atoms with Crippen LogP contribution in [0.25, 0.3) is 0 Å². The van der Waals surface area contributed by atoms with E-state index in [1.807, 2.05) is 0 Å². The van der Waals surface area contributed by atoms with E-state index in [0.29, 0.717) is 17.6 Å². The molecule has 0 radical (unpaired) electrons. The van der Waals surface area contributed by atoms with Crippen molar-refractivity contribution in [2.75, 3.05) is 7.11 Å². The minimum absolute atomic E-state index is 0. The zero-order valence-corrected chi connectivity index (χ0v) is 17.5. The molecule has 27 heavy (non-hydrogen) atoms. The van der Waals surface area contributed by atoms with Crippen LogP contribution >= 0.6 is 12.4 Å². The minimum atomic E-state index is -3.76. The summed E-state index contributed by atoms with van der Waals surface area (Å²) in [7, 11) is -2.35. The Morgan fingerprint density at radius 1 is 1.22 bits per heavy atom. The summed E-state index contributed by atoms with van der Waals surface area (Å²) in [5, 5.41) is 6.60. The molecule has 0 spiro atoms. The fourth-order valence-electron chi connectivity index (χ4n) is 3.85. The fourth-order valence-corrected chi connectivity index (χ4v) is 5.29. The Kier molecular flexibility index (Phi) is 7.13. The first-order valence-corrected chi connectivity index (χ1v) is 10.5. The highest BCUT2D eigenvalue weighted by Gasteiger charge is 2.34. The van der Waals surface area contributed by atoms with E-state index >= 15 is 0 Å². The number of hydrogen-bond donors (Lipinski definition) is 3. The van der Waals surface area contributed by atoms with Crippen LogP contribution in [0, 0.1) is 0 Å². The molecule has 2 aliphatic rings. The number of hydrogen-bond acceptors (Lipinski definition) is 5. The van der Waals surface area contributed by atoms with E-state index in [-0.39, 0.29) is 41.0 Å². The predicted molar refractivity (Wildman–Crippen MR) is 106 cm³/mol. The first-order chi connectivity index (χ1) is 12.3. The van der Waals surface area contributed by atoms with Gasteiger partial charge in [0.2, 0.25) is 10.0 Å². The lowest BCUT2D eigenvalue weighted by Gasteiger charge is -2.29. The van der Waals surface area contributed by atoms with Crippen molar-refractivity contribution in [2.45, 2.75) is 68.6 Å². The first-order valence-electron chi connectivity index (χ1n) is 9.06. The zero-order chi connectivity index (χ0) is 18.9. The summed E-state index contributed by atoms with van der Waals surface area (Å²) in [5.41, 5.74) is 0.320. The van der Waals surface area contributed by atoms with E-state index in [1.54, 1.807) is 19.9 Å². The molecule has 2 aliphatic heterocycles. The van der Waals surface area contributed by atoms with Crippen LogP contribution in [-0.4, -0.2) is 45.6 Å². The maximum absolute atomic E-state index is 12.7. The van der Waals surface area contributed by atoms with Crippen molar-refractivity contribution in [3.8, 4) is 5.75 Å². The Labute approximate surface area is 167 Å². The molecule has 2 bridgehead atoms. The molecular weight excluding hydrogens is 390 g/mol. The van der Waals surface area contributed by atoms with Crippen LogP contribution < -0.4 is 20.1 Å². The third-order valence-corrected chi connectivity index (χ3v) is 6.59. The van der Waals surface area contributed by atoms with Crippen LogP contribution in [0.15, 0.2) is 23.1 Å². The SMILES string of the molecule is COc1ccc(C(=O)NC2CC3CCC(C2)N3)cc1S(=O)(=O)NC(C)C.Cl. The van der Waals surface area contributed by atoms with Gasteiger partial charge in [0, 0.05) is 29.7 Å². The molecule has 7 nitrogen and oxygen atoms in total. The van der Waals surface area contributed by atoms with Gasteiger partial charge in [-0.15, -0.1) is 12.4 Å². The minimum Gasteiger partial charge on any atom is -0.495 e. The van der Waals surface area contributed by atoms with Gasteiger partial charge in [0.15, 0.2) is 0 Å². The lowest BCUT2D eigenvalue weighted by molar-refractivity contribution is 0.0923. The van der Waals surface area contributed by atoms with Gasteiger partial charge in [-0.2, -0.15) is 0 Å². The summed E-state index contributed by atoms with van der Waals surface area (Å²) in [4.78, 5) is 12.6. The normalized spacial score (nSPS) is 24.4. The van der Waals surface area contributed by atoms with Crippen molar-refractivity contribution in [1.29, 1.82) is 0 Å². The van der Waals surface area contributed by atoms with Gasteiger partial charge in [0.1, 0.15) is 10.6 Å². The quantitative estimate of drug-likeness (QED) is 0.656. The highest BCUT2D eigenvalue weighted by atomic mass is 35.5. The zero-order valence-electron chi connectivity index (χ0n) is 15.8. The molecule has 2 fully saturated rings. The van der Waals surface area contributed by atoms with Gasteiger partial charge in [-0.1, -0.05) is 0 Å². The highest BCUT2D eigenvalue weighted by molar-refractivity contribution is 7.89. The molecule has 3 N–H and O–H groups in total. The number of rotatable bonds is 6. The Bertz CT molecular complexity index is 773. The number of carbonyl (C=O) groups is 1. The number of fused-ring (bicyclic) bond motifs is 2. The van der Waals surface area contributed by atoms with Gasteiger partial charge in [-0.05, 0) is 57.7 Å². The lowest BCUT2D eigenvalue weighted by atomic mass is 9.99. The van der Waals surface area contributed by atoms with Crippen LogP contribution in [0.3, 0.4) is 0 Å². The van der Waals surface area contributed by atoms with Gasteiger partial charge in [-0.25, -0.2) is 13.1 Å². The van der Waals surface area contributed by atoms with E-state index < -0.39 is 10.0 Å². The number of carbonyl (C=O) groups excluding carboxylic acids is 1. The molecule has 2 unspecified atom stereocenters. The van der Waals surface area contributed by atoms with Crippen molar-refractivity contribution >= 4 is 28.3 Å². The van der Waals surface area contributed by atoms with Gasteiger partial charge in [0.25, 0.3) is 5.91 Å². The molecule has 1 aromatic carbocycles. The van der Waals surface area contributed by atoms with Crippen molar-refractivity contribution in [3.05, 3.63) is 23.8 Å². The largest absolute Gasteiger partial charge is 0.495 e. The number of sulfonamides is 1. The Morgan fingerprint density at radius 2 is 1.85 bits per heavy atom. The number of halogens is 1. The summed E-state index contributed by atoms with van der Waals surface area (Å²) >= 11 is 0. The molecule has 2 saturated heterocycles. The Morgan fingerprint density at radius 3 is 2.41 bits per heavy atom. The molecule has 1 amide bonds. The highest BCUT2D eigenvalue weighted by Crippen LogP contribution is 2.28. The number of amides is 1. The second-order valence-corrected chi connectivity index (χ2v) is 9.10.